The summed E-state index contributed by atoms with van der Waals surface area (Å²) in [7, 11) is 0. The van der Waals surface area contributed by atoms with Crippen LogP contribution in [-0.4, -0.2) is 0 Å². The molecule has 0 aliphatic heterocycles. The summed E-state index contributed by atoms with van der Waals surface area (Å²) in [5, 5.41) is 11.7. The van der Waals surface area contributed by atoms with Gasteiger partial charge in [0.05, 0.1) is 22.7 Å². The monoisotopic (exact) mass is 990 g/mol. The molecule has 77 heavy (non-hydrogen) atoms. The average molecular weight is 991 g/mol. The van der Waals surface area contributed by atoms with E-state index in [1.165, 1.54) is 82.4 Å². The zero-order valence-corrected chi connectivity index (χ0v) is 44.0. The molecule has 368 valence electrons. The predicted molar refractivity (Wildman–Crippen MR) is 323 cm³/mol. The zero-order valence-electron chi connectivity index (χ0n) is 44.0. The maximum atomic E-state index is 6.97. The molecule has 12 aromatic carbocycles. The van der Waals surface area contributed by atoms with Gasteiger partial charge in [0, 0.05) is 54.5 Å². The summed E-state index contributed by atoms with van der Waals surface area (Å²) < 4.78 is 13.9. The SMILES string of the molecule is CC(C)c1cc(N(c2ccc3c(c2)C(C)(C)c2ccccc2-3)c2cccc3c2oc2ccccc23)c2ccc3ccc(N(c4ccc5c(c4)C(C)(C)c4ccccc4-5)c4cccc5c4oc4ccccc45)c4ccc1c2c34. The fourth-order valence-electron chi connectivity index (χ4n) is 14.0. The molecule has 4 heteroatoms. The topological polar surface area (TPSA) is 32.8 Å². The highest BCUT2D eigenvalue weighted by molar-refractivity contribution is 6.29. The molecule has 0 N–H and O–H groups in total. The smallest absolute Gasteiger partial charge is 0.159 e. The van der Waals surface area contributed by atoms with E-state index in [2.05, 4.69) is 264 Å². The Morgan fingerprint density at radius 1 is 0.338 bits per heavy atom. The number of furan rings is 2. The lowest BCUT2D eigenvalue weighted by Crippen LogP contribution is -2.17. The second-order valence-electron chi connectivity index (χ2n) is 22.9. The molecule has 0 bridgehead atoms. The van der Waals surface area contributed by atoms with E-state index in [1.54, 1.807) is 0 Å². The Labute approximate surface area is 447 Å². The van der Waals surface area contributed by atoms with E-state index in [4.69, 9.17) is 8.83 Å². The first-order valence-electron chi connectivity index (χ1n) is 27.2. The van der Waals surface area contributed by atoms with Crippen molar-refractivity contribution in [2.45, 2.75) is 58.3 Å². The summed E-state index contributed by atoms with van der Waals surface area (Å²) in [6.07, 6.45) is 0. The van der Waals surface area contributed by atoms with Crippen LogP contribution in [0.3, 0.4) is 0 Å². The summed E-state index contributed by atoms with van der Waals surface area (Å²) in [5.74, 6) is 0.219. The number of nitrogens with zero attached hydrogens (tertiary/aromatic N) is 2. The van der Waals surface area contributed by atoms with Crippen LogP contribution in [-0.2, 0) is 10.8 Å². The normalized spacial score (nSPS) is 14.2. The van der Waals surface area contributed by atoms with Gasteiger partial charge in [0.25, 0.3) is 0 Å². The third kappa shape index (κ3) is 6.04. The van der Waals surface area contributed by atoms with E-state index in [0.717, 1.165) is 78.0 Å². The van der Waals surface area contributed by atoms with Crippen LogP contribution in [0.4, 0.5) is 34.1 Å². The lowest BCUT2D eigenvalue weighted by Gasteiger charge is -2.31. The second-order valence-corrected chi connectivity index (χ2v) is 22.9. The molecule has 2 aromatic heterocycles. The molecule has 0 spiro atoms. The standard InChI is InChI=1S/C73H54N2O2/c1-42(2)57-41-65(75(64-26-16-22-54-51-20-10-14-28-67(51)77-71(54)64)45-32-35-49-47-18-8-12-24-59(47)73(5,6)61(49)40-45)56-33-29-43-30-38-62(55-37-36-52(57)69(56)68(43)55)74(63-25-15-21-53-50-19-9-13-27-66(50)76-70(53)63)44-31-34-48-46-17-7-11-23-58(46)72(3,4)60(48)39-44/h7-42H,1-6H3. The molecule has 0 fully saturated rings. The van der Waals surface area contributed by atoms with Crippen LogP contribution < -0.4 is 9.80 Å². The van der Waals surface area contributed by atoms with Crippen molar-refractivity contribution >= 4 is 110 Å². The second kappa shape index (κ2) is 15.7. The Balaban J connectivity index is 0.984. The molecule has 0 amide bonds. The Morgan fingerprint density at radius 3 is 1.36 bits per heavy atom. The Bertz CT molecular complexity index is 4810. The van der Waals surface area contributed by atoms with Crippen LogP contribution in [0.25, 0.3) is 98.4 Å². The summed E-state index contributed by atoms with van der Waals surface area (Å²) in [5.41, 5.74) is 21.4. The van der Waals surface area contributed by atoms with Crippen molar-refractivity contribution in [1.29, 1.82) is 0 Å². The zero-order chi connectivity index (χ0) is 51.6. The minimum Gasteiger partial charge on any atom is -0.454 e. The summed E-state index contributed by atoms with van der Waals surface area (Å²) in [6.45, 7) is 14.2. The third-order valence-corrected chi connectivity index (χ3v) is 17.8. The molecule has 0 atom stereocenters. The van der Waals surface area contributed by atoms with Gasteiger partial charge >= 0.3 is 0 Å². The van der Waals surface area contributed by atoms with Crippen molar-refractivity contribution in [3.63, 3.8) is 0 Å². The van der Waals surface area contributed by atoms with Gasteiger partial charge in [-0.25, -0.2) is 0 Å². The predicted octanol–water partition coefficient (Wildman–Crippen LogP) is 21.1. The van der Waals surface area contributed by atoms with Gasteiger partial charge < -0.3 is 18.6 Å². The minimum atomic E-state index is -0.196. The van der Waals surface area contributed by atoms with Crippen LogP contribution in [0.5, 0.6) is 0 Å². The van der Waals surface area contributed by atoms with E-state index in [9.17, 15) is 0 Å². The van der Waals surface area contributed by atoms with Gasteiger partial charge in [-0.15, -0.1) is 0 Å². The number of hydrogen-bond donors (Lipinski definition) is 0. The van der Waals surface area contributed by atoms with Gasteiger partial charge in [-0.2, -0.15) is 0 Å². The first-order valence-corrected chi connectivity index (χ1v) is 27.2. The highest BCUT2D eigenvalue weighted by Gasteiger charge is 2.38. The third-order valence-electron chi connectivity index (χ3n) is 17.8. The number of benzene rings is 12. The molecular formula is C73H54N2O2. The van der Waals surface area contributed by atoms with Crippen molar-refractivity contribution in [1.82, 2.24) is 0 Å². The van der Waals surface area contributed by atoms with Gasteiger partial charge in [0.2, 0.25) is 0 Å². The van der Waals surface area contributed by atoms with Gasteiger partial charge in [-0.05, 0) is 138 Å². The highest BCUT2D eigenvalue weighted by atomic mass is 16.3. The van der Waals surface area contributed by atoms with Crippen molar-refractivity contribution in [2.75, 3.05) is 9.80 Å². The summed E-state index contributed by atoms with van der Waals surface area (Å²) in [4.78, 5) is 4.97. The molecular weight excluding hydrogens is 937 g/mol. The molecule has 0 saturated carbocycles. The van der Waals surface area contributed by atoms with E-state index in [1.807, 2.05) is 0 Å². The molecule has 16 rings (SSSR count). The van der Waals surface area contributed by atoms with Crippen LogP contribution in [0.2, 0.25) is 0 Å². The first kappa shape index (κ1) is 44.2. The number of para-hydroxylation sites is 4. The minimum absolute atomic E-state index is 0.192. The van der Waals surface area contributed by atoms with Gasteiger partial charge in [0.15, 0.2) is 11.2 Å². The molecule has 0 radical (unpaired) electrons. The maximum absolute atomic E-state index is 6.97. The van der Waals surface area contributed by atoms with Crippen LogP contribution in [0.1, 0.15) is 75.3 Å². The highest BCUT2D eigenvalue weighted by Crippen LogP contribution is 2.56. The van der Waals surface area contributed by atoms with Crippen LogP contribution in [0, 0.1) is 0 Å². The number of fused-ring (bicyclic) bond motifs is 12. The largest absolute Gasteiger partial charge is 0.454 e. The molecule has 4 nitrogen and oxygen atoms in total. The lowest BCUT2D eigenvalue weighted by molar-refractivity contribution is 0.660. The fourth-order valence-corrected chi connectivity index (χ4v) is 14.0. The van der Waals surface area contributed by atoms with Crippen molar-refractivity contribution < 1.29 is 8.83 Å². The fraction of sp³-hybridized carbons (Fsp3) is 0.123. The Morgan fingerprint density at radius 2 is 0.792 bits per heavy atom. The van der Waals surface area contributed by atoms with Gasteiger partial charge in [0.1, 0.15) is 11.2 Å². The average Bonchev–Trinajstić information content (AvgIpc) is 4.26. The van der Waals surface area contributed by atoms with Crippen molar-refractivity contribution in [3.8, 4) is 22.3 Å². The maximum Gasteiger partial charge on any atom is 0.159 e. The Kier molecular flexibility index (Phi) is 9.02. The first-order chi connectivity index (χ1) is 37.5. The number of anilines is 6. The van der Waals surface area contributed by atoms with Gasteiger partial charge in [-0.1, -0.05) is 193 Å². The van der Waals surface area contributed by atoms with Crippen molar-refractivity contribution in [2.24, 2.45) is 0 Å². The van der Waals surface area contributed by atoms with E-state index < -0.39 is 0 Å². The molecule has 14 aromatic rings. The number of hydrogen-bond acceptors (Lipinski definition) is 4. The number of rotatable bonds is 7. The molecule has 0 unspecified atom stereocenters. The van der Waals surface area contributed by atoms with Crippen molar-refractivity contribution in [3.05, 3.63) is 240 Å². The lowest BCUT2D eigenvalue weighted by atomic mass is 9.82. The summed E-state index contributed by atoms with van der Waals surface area (Å²) in [6, 6.07) is 78.8. The molecule has 2 aliphatic rings. The van der Waals surface area contributed by atoms with E-state index in [-0.39, 0.29) is 16.7 Å². The molecule has 2 aliphatic carbocycles. The Hall–Kier alpha value is -9.12. The van der Waals surface area contributed by atoms with E-state index in [0.29, 0.717) is 0 Å². The molecule has 0 saturated heterocycles. The molecule has 2 heterocycles. The van der Waals surface area contributed by atoms with E-state index >= 15 is 0 Å². The van der Waals surface area contributed by atoms with Gasteiger partial charge in [-0.3, -0.25) is 0 Å². The quantitative estimate of drug-likeness (QED) is 0.149. The van der Waals surface area contributed by atoms with Crippen LogP contribution >= 0.6 is 0 Å². The summed E-state index contributed by atoms with van der Waals surface area (Å²) >= 11 is 0. The van der Waals surface area contributed by atoms with Crippen LogP contribution in [0.15, 0.2) is 221 Å².